The maximum Gasteiger partial charge on any atom is 0.320 e. The van der Waals surface area contributed by atoms with Crippen LogP contribution in [0.4, 0.5) is 0 Å². The third kappa shape index (κ3) is 47.6. The molecule has 0 amide bonds. The largest absolute Gasteiger partial charge is 0.468 e. The zero-order valence-corrected chi connectivity index (χ0v) is 23.7. The summed E-state index contributed by atoms with van der Waals surface area (Å²) in [4.78, 5) is 41.4. The molecule has 0 heterocycles. The molecule has 39 heavy (non-hydrogen) atoms. The molecule has 0 saturated heterocycles. The van der Waals surface area contributed by atoms with Crippen molar-refractivity contribution in [1.82, 2.24) is 0 Å². The summed E-state index contributed by atoms with van der Waals surface area (Å²) in [6.45, 7) is 7.15. The number of ether oxygens (including phenoxy) is 4. The molecule has 12 nitrogen and oxygen atoms in total. The minimum Gasteiger partial charge on any atom is -0.468 e. The lowest BCUT2D eigenvalue weighted by molar-refractivity contribution is -0.143. The topological polar surface area (TPSA) is 200 Å². The van der Waals surface area contributed by atoms with Crippen LogP contribution in [0, 0.1) is 45.3 Å². The van der Waals surface area contributed by atoms with E-state index in [0.717, 1.165) is 25.7 Å². The molecule has 0 aliphatic heterocycles. The monoisotopic (exact) mass is 550 g/mol. The Hall–Kier alpha value is -4.16. The van der Waals surface area contributed by atoms with Gasteiger partial charge in [0.05, 0.1) is 51.2 Å². The van der Waals surface area contributed by atoms with Gasteiger partial charge in [-0.3, -0.25) is 19.2 Å². The maximum atomic E-state index is 10.7. The Kier molecular flexibility index (Phi) is 41.3. The molecule has 0 aromatic rings. The Morgan fingerprint density at radius 3 is 1.23 bits per heavy atom. The van der Waals surface area contributed by atoms with Crippen molar-refractivity contribution in [2.75, 3.05) is 26.9 Å². The number of methoxy groups -OCH3 is 1. The number of hydrogen-bond acceptors (Lipinski definition) is 12. The third-order valence-electron chi connectivity index (χ3n) is 3.95. The number of hydrogen-bond donors (Lipinski definition) is 0. The van der Waals surface area contributed by atoms with Crippen LogP contribution in [0.3, 0.4) is 0 Å². The van der Waals surface area contributed by atoms with Gasteiger partial charge in [-0.2, -0.15) is 21.0 Å². The predicted molar refractivity (Wildman–Crippen MR) is 140 cm³/mol. The lowest BCUT2D eigenvalue weighted by atomic mass is 10.1. The Labute approximate surface area is 232 Å². The summed E-state index contributed by atoms with van der Waals surface area (Å²) in [5, 5.41) is 32.0. The SMILES string of the molecule is CCCCCCCCOC(=O)CC#N.CCCCOC(=O)CC#N.CCOC(=O)CC#N.COC(=O)CC#N. The van der Waals surface area contributed by atoms with Crippen LogP contribution in [0.5, 0.6) is 0 Å². The lowest BCUT2D eigenvalue weighted by Crippen LogP contribution is -2.04. The average Bonchev–Trinajstić information content (AvgIpc) is 2.90. The van der Waals surface area contributed by atoms with E-state index in [4.69, 9.17) is 25.8 Å². The second-order valence-electron chi connectivity index (χ2n) is 7.28. The number of nitriles is 4. The number of esters is 4. The molecule has 0 bridgehead atoms. The zero-order valence-electron chi connectivity index (χ0n) is 23.7. The summed E-state index contributed by atoms with van der Waals surface area (Å²) in [6.07, 6.45) is 8.35. The smallest absolute Gasteiger partial charge is 0.320 e. The first kappa shape index (κ1) is 41.9. The van der Waals surface area contributed by atoms with Crippen LogP contribution in [-0.4, -0.2) is 50.8 Å². The molecule has 0 rings (SSSR count). The first-order valence-electron chi connectivity index (χ1n) is 12.8. The molecule has 0 atom stereocenters. The standard InChI is InChI=1S/C11H19NO2.C7H11NO2.C5H7NO2.C4H5NO2/c1-2-3-4-5-6-7-10-14-11(13)8-9-12;1-2-3-6-10-7(9)4-5-8;1-2-8-5(7)3-4-6;1-7-4(6)2-3-5/h2-8,10H2,1H3;2-4,6H2,1H3;2-3H2,1H3;2H2,1H3. The number of rotatable bonds is 15. The molecule has 0 saturated carbocycles. The van der Waals surface area contributed by atoms with Gasteiger partial charge in [-0.15, -0.1) is 0 Å². The molecule has 218 valence electrons. The molecule has 0 N–H and O–H groups in total. The maximum absolute atomic E-state index is 10.7. The molecular formula is C27H42N4O8. The van der Waals surface area contributed by atoms with E-state index in [1.807, 2.05) is 6.92 Å². The Morgan fingerprint density at radius 2 is 0.872 bits per heavy atom. The quantitative estimate of drug-likeness (QED) is 0.156. The van der Waals surface area contributed by atoms with Gasteiger partial charge in [-0.25, -0.2) is 0 Å². The third-order valence-corrected chi connectivity index (χ3v) is 3.95. The van der Waals surface area contributed by atoms with Crippen molar-refractivity contribution in [1.29, 1.82) is 21.0 Å². The van der Waals surface area contributed by atoms with E-state index in [1.165, 1.54) is 32.8 Å². The van der Waals surface area contributed by atoms with Crippen molar-refractivity contribution in [3.8, 4) is 24.3 Å². The summed E-state index contributed by atoms with van der Waals surface area (Å²) in [6, 6.07) is 6.80. The van der Waals surface area contributed by atoms with Gasteiger partial charge in [0.25, 0.3) is 0 Å². The van der Waals surface area contributed by atoms with Crippen LogP contribution < -0.4 is 0 Å². The van der Waals surface area contributed by atoms with Gasteiger partial charge in [0, 0.05) is 0 Å². The summed E-state index contributed by atoms with van der Waals surface area (Å²) in [5.41, 5.74) is 0. The van der Waals surface area contributed by atoms with Crippen molar-refractivity contribution in [3.63, 3.8) is 0 Å². The molecule has 0 aliphatic rings. The fraction of sp³-hybridized carbons (Fsp3) is 0.704. The van der Waals surface area contributed by atoms with Crippen molar-refractivity contribution >= 4 is 23.9 Å². The molecule has 0 aliphatic carbocycles. The highest BCUT2D eigenvalue weighted by Crippen LogP contribution is 2.05. The van der Waals surface area contributed by atoms with E-state index in [9.17, 15) is 19.2 Å². The number of carbonyl (C=O) groups excluding carboxylic acids is 4. The normalized spacial score (nSPS) is 8.31. The van der Waals surface area contributed by atoms with Gasteiger partial charge in [0.2, 0.25) is 0 Å². The number of carbonyl (C=O) groups is 4. The van der Waals surface area contributed by atoms with Gasteiger partial charge in [-0.05, 0) is 19.8 Å². The highest BCUT2D eigenvalue weighted by molar-refractivity contribution is 5.72. The number of unbranched alkanes of at least 4 members (excludes halogenated alkanes) is 6. The zero-order chi connectivity index (χ0) is 30.6. The van der Waals surface area contributed by atoms with Crippen LogP contribution in [0.1, 0.15) is 97.8 Å². The van der Waals surface area contributed by atoms with Crippen molar-refractivity contribution in [2.45, 2.75) is 97.8 Å². The fourth-order valence-corrected chi connectivity index (χ4v) is 2.04. The van der Waals surface area contributed by atoms with Gasteiger partial charge in [0.15, 0.2) is 0 Å². The molecule has 12 heteroatoms. The van der Waals surface area contributed by atoms with Gasteiger partial charge in [0.1, 0.15) is 25.7 Å². The lowest BCUT2D eigenvalue weighted by Gasteiger charge is -2.02. The molecule has 0 aromatic heterocycles. The summed E-state index contributed by atoms with van der Waals surface area (Å²) >= 11 is 0. The summed E-state index contributed by atoms with van der Waals surface area (Å²) in [7, 11) is 1.25. The van der Waals surface area contributed by atoms with Gasteiger partial charge >= 0.3 is 23.9 Å². The fourth-order valence-electron chi connectivity index (χ4n) is 2.04. The predicted octanol–water partition coefficient (Wildman–Crippen LogP) is 4.58. The Balaban J connectivity index is -0.000000218. The van der Waals surface area contributed by atoms with E-state index >= 15 is 0 Å². The van der Waals surface area contributed by atoms with Crippen LogP contribution >= 0.6 is 0 Å². The molecule has 0 radical (unpaired) electrons. The van der Waals surface area contributed by atoms with E-state index < -0.39 is 23.9 Å². The van der Waals surface area contributed by atoms with E-state index in [2.05, 4.69) is 21.1 Å². The second-order valence-corrected chi connectivity index (χ2v) is 7.28. The number of nitrogens with zero attached hydrogens (tertiary/aromatic N) is 4. The van der Waals surface area contributed by atoms with E-state index in [-0.39, 0.29) is 25.7 Å². The van der Waals surface area contributed by atoms with E-state index in [0.29, 0.717) is 19.8 Å². The minimum atomic E-state index is -0.484. The van der Waals surface area contributed by atoms with Crippen molar-refractivity contribution in [2.24, 2.45) is 0 Å². The molecular weight excluding hydrogens is 508 g/mol. The van der Waals surface area contributed by atoms with E-state index in [1.54, 1.807) is 31.2 Å². The van der Waals surface area contributed by atoms with Crippen molar-refractivity contribution < 1.29 is 38.1 Å². The second kappa shape index (κ2) is 38.4. The van der Waals surface area contributed by atoms with Crippen molar-refractivity contribution in [3.05, 3.63) is 0 Å². The molecule has 0 fully saturated rings. The minimum absolute atomic E-state index is 0.129. The van der Waals surface area contributed by atoms with Crippen LogP contribution in [0.15, 0.2) is 0 Å². The van der Waals surface area contributed by atoms with Gasteiger partial charge in [-0.1, -0.05) is 52.4 Å². The first-order valence-corrected chi connectivity index (χ1v) is 12.8. The Morgan fingerprint density at radius 1 is 0.513 bits per heavy atom. The first-order chi connectivity index (χ1) is 18.7. The van der Waals surface area contributed by atoms with Crippen LogP contribution in [0.25, 0.3) is 0 Å². The van der Waals surface area contributed by atoms with Crippen LogP contribution in [-0.2, 0) is 38.1 Å². The van der Waals surface area contributed by atoms with Gasteiger partial charge < -0.3 is 18.9 Å². The molecule has 0 spiro atoms. The average molecular weight is 551 g/mol. The molecule has 0 unspecified atom stereocenters. The molecule has 0 aromatic carbocycles. The highest BCUT2D eigenvalue weighted by atomic mass is 16.5. The highest BCUT2D eigenvalue weighted by Gasteiger charge is 2.00. The Bertz CT molecular complexity index is 805. The van der Waals surface area contributed by atoms with Crippen LogP contribution in [0.2, 0.25) is 0 Å². The summed E-state index contributed by atoms with van der Waals surface area (Å²) in [5.74, 6) is -1.76. The summed E-state index contributed by atoms with van der Waals surface area (Å²) < 4.78 is 18.0.